The zero-order chi connectivity index (χ0) is 26.4. The van der Waals surface area contributed by atoms with Crippen molar-refractivity contribution in [1.29, 1.82) is 0 Å². The molecule has 0 aromatic heterocycles. The zero-order valence-corrected chi connectivity index (χ0v) is 20.1. The number of carboxylic acids is 1. The van der Waals surface area contributed by atoms with Gasteiger partial charge in [-0.3, -0.25) is 14.5 Å². The van der Waals surface area contributed by atoms with E-state index in [0.717, 1.165) is 4.90 Å². The maximum Gasteiger partial charge on any atom is 0.353 e. The van der Waals surface area contributed by atoms with Gasteiger partial charge in [0.15, 0.2) is 0 Å². The number of aliphatic carboxylic acids is 1. The van der Waals surface area contributed by atoms with Gasteiger partial charge >= 0.3 is 11.9 Å². The molecule has 10 nitrogen and oxygen atoms in total. The third kappa shape index (κ3) is 5.84. The van der Waals surface area contributed by atoms with Gasteiger partial charge in [0.25, 0.3) is 5.91 Å². The molecule has 0 bridgehead atoms. The minimum atomic E-state index is -1.25. The number of allylic oxidation sites excluding steroid dienone is 1. The predicted octanol–water partition coefficient (Wildman–Crippen LogP) is 2.28. The monoisotopic (exact) mass is 515 g/mol. The number of hydrogen-bond acceptors (Lipinski definition) is 7. The van der Waals surface area contributed by atoms with E-state index in [4.69, 9.17) is 27.2 Å². The summed E-state index contributed by atoms with van der Waals surface area (Å²) in [5.41, 5.74) is 6.81. The van der Waals surface area contributed by atoms with E-state index in [1.807, 2.05) is 6.07 Å². The maximum absolute atomic E-state index is 12.3. The van der Waals surface area contributed by atoms with Crippen LogP contribution in [0.25, 0.3) is 0 Å². The molecule has 5 N–H and O–H groups in total. The number of β-lactam (4-membered cyclic amide) rings is 1. The van der Waals surface area contributed by atoms with Crippen LogP contribution in [0.15, 0.2) is 65.3 Å². The fourth-order valence-electron chi connectivity index (χ4n) is 3.88. The number of ether oxygens (including phenoxy) is 1. The molecule has 11 heteroatoms. The highest BCUT2D eigenvalue weighted by molar-refractivity contribution is 6.32. The first kappa shape index (κ1) is 26.7. The number of phenols is 1. The van der Waals surface area contributed by atoms with E-state index in [1.54, 1.807) is 31.2 Å². The zero-order valence-electron chi connectivity index (χ0n) is 19.4. The number of nitrogens with two attached hydrogens (primary N) is 1. The average molecular weight is 516 g/mol. The molecule has 2 amide bonds. The second kappa shape index (κ2) is 11.7. The van der Waals surface area contributed by atoms with Crippen molar-refractivity contribution in [3.63, 3.8) is 0 Å². The van der Waals surface area contributed by atoms with Gasteiger partial charge in [-0.2, -0.15) is 0 Å². The third-order valence-corrected chi connectivity index (χ3v) is 6.07. The van der Waals surface area contributed by atoms with Crippen LogP contribution in [0.1, 0.15) is 41.7 Å². The Morgan fingerprint density at radius 3 is 2.39 bits per heavy atom. The SMILES string of the molecule is CCOC(=O)c1ccc(O)cc1.N[C@@H](C(=O)N[C@@H]1C(=O)N2C(C(=O)O)=C(Cl)CC[C@H]12)c1ccccc1. The van der Waals surface area contributed by atoms with Crippen molar-refractivity contribution < 1.29 is 34.1 Å². The van der Waals surface area contributed by atoms with Crippen molar-refractivity contribution in [1.82, 2.24) is 10.2 Å². The Morgan fingerprint density at radius 1 is 1.17 bits per heavy atom. The summed E-state index contributed by atoms with van der Waals surface area (Å²) in [7, 11) is 0. The normalized spacial score (nSPS) is 19.2. The van der Waals surface area contributed by atoms with Gasteiger partial charge in [0.1, 0.15) is 23.5 Å². The highest BCUT2D eigenvalue weighted by atomic mass is 35.5. The van der Waals surface area contributed by atoms with Crippen LogP contribution in [0.3, 0.4) is 0 Å². The summed E-state index contributed by atoms with van der Waals surface area (Å²) in [5.74, 6) is -2.43. The van der Waals surface area contributed by atoms with Gasteiger partial charge in [0, 0.05) is 5.03 Å². The van der Waals surface area contributed by atoms with Gasteiger partial charge in [0.2, 0.25) is 5.91 Å². The van der Waals surface area contributed by atoms with Gasteiger partial charge in [0.05, 0.1) is 18.2 Å². The number of esters is 1. The van der Waals surface area contributed by atoms with E-state index >= 15 is 0 Å². The van der Waals surface area contributed by atoms with E-state index < -0.39 is 35.9 Å². The maximum atomic E-state index is 12.3. The van der Waals surface area contributed by atoms with Crippen LogP contribution in [0.2, 0.25) is 0 Å². The van der Waals surface area contributed by atoms with Gasteiger partial charge in [-0.15, -0.1) is 0 Å². The first-order valence-corrected chi connectivity index (χ1v) is 11.6. The number of halogens is 1. The van der Waals surface area contributed by atoms with E-state index in [1.165, 1.54) is 24.3 Å². The average Bonchev–Trinajstić information content (AvgIpc) is 2.87. The Labute approximate surface area is 212 Å². The lowest BCUT2D eigenvalue weighted by Crippen LogP contribution is -2.72. The van der Waals surface area contributed by atoms with Gasteiger partial charge in [-0.05, 0) is 49.6 Å². The van der Waals surface area contributed by atoms with E-state index in [9.17, 15) is 24.3 Å². The second-order valence-corrected chi connectivity index (χ2v) is 8.47. The summed E-state index contributed by atoms with van der Waals surface area (Å²) in [6, 6.07) is 12.7. The summed E-state index contributed by atoms with van der Waals surface area (Å²) in [6.07, 6.45) is 0.849. The lowest BCUT2D eigenvalue weighted by Gasteiger charge is -2.49. The highest BCUT2D eigenvalue weighted by Crippen LogP contribution is 2.38. The van der Waals surface area contributed by atoms with Crippen molar-refractivity contribution >= 4 is 35.4 Å². The van der Waals surface area contributed by atoms with E-state index in [2.05, 4.69) is 5.32 Å². The molecule has 36 heavy (non-hydrogen) atoms. The number of rotatable bonds is 6. The predicted molar refractivity (Wildman–Crippen MR) is 130 cm³/mol. The van der Waals surface area contributed by atoms with Crippen molar-refractivity contribution in [2.75, 3.05) is 6.61 Å². The molecule has 3 atom stereocenters. The number of carboxylic acid groups (broad SMARTS) is 1. The number of benzene rings is 2. The number of nitrogens with zero attached hydrogens (tertiary/aromatic N) is 1. The summed E-state index contributed by atoms with van der Waals surface area (Å²) in [6.45, 7) is 2.11. The minimum absolute atomic E-state index is 0.142. The van der Waals surface area contributed by atoms with Crippen LogP contribution in [0, 0.1) is 0 Å². The van der Waals surface area contributed by atoms with Crippen molar-refractivity contribution in [3.05, 3.63) is 76.5 Å². The summed E-state index contributed by atoms with van der Waals surface area (Å²) in [4.78, 5) is 48.0. The molecule has 0 spiro atoms. The molecule has 0 saturated carbocycles. The van der Waals surface area contributed by atoms with E-state index in [0.29, 0.717) is 30.6 Å². The fraction of sp³-hybridized carbons (Fsp3) is 0.280. The first-order valence-electron chi connectivity index (χ1n) is 11.2. The Bertz CT molecular complexity index is 1170. The number of phenolic OH excluding ortho intramolecular Hbond substituents is 1. The van der Waals surface area contributed by atoms with E-state index in [-0.39, 0.29) is 22.4 Å². The number of aromatic hydroxyl groups is 1. The Hall–Kier alpha value is -3.89. The quantitative estimate of drug-likeness (QED) is 0.337. The smallest absolute Gasteiger partial charge is 0.353 e. The number of amides is 2. The minimum Gasteiger partial charge on any atom is -0.508 e. The number of carbonyl (C=O) groups is 4. The standard InChI is InChI=1S/C16H16ClN3O4.C9H10O3/c17-9-6-7-10-12(15(22)20(10)13(9)16(23)24)19-14(21)11(18)8-4-2-1-3-5-8;1-2-12-9(11)7-3-5-8(10)6-4-7/h1-5,10-12H,6-7,18H2,(H,19,21)(H,23,24);3-6,10H,2H2,1H3/t10-,11-,12+;/m1./s1. The fourth-order valence-corrected chi connectivity index (χ4v) is 4.17. The number of carbonyl (C=O) groups excluding carboxylic acids is 3. The van der Waals surface area contributed by atoms with Crippen LogP contribution in [-0.4, -0.2) is 57.6 Å². The highest BCUT2D eigenvalue weighted by Gasteiger charge is 2.53. The van der Waals surface area contributed by atoms with Crippen molar-refractivity contribution in [2.45, 2.75) is 37.9 Å². The lowest BCUT2D eigenvalue weighted by atomic mass is 9.86. The molecule has 2 aromatic rings. The molecule has 2 aliphatic heterocycles. The third-order valence-electron chi connectivity index (χ3n) is 5.70. The molecule has 1 saturated heterocycles. The van der Waals surface area contributed by atoms with Crippen LogP contribution >= 0.6 is 11.6 Å². The lowest BCUT2D eigenvalue weighted by molar-refractivity contribution is -0.156. The van der Waals surface area contributed by atoms with Crippen LogP contribution in [0.5, 0.6) is 5.75 Å². The molecule has 2 aromatic carbocycles. The molecular weight excluding hydrogens is 490 g/mol. The Morgan fingerprint density at radius 2 is 1.81 bits per heavy atom. The molecular formula is C25H26ClN3O7. The van der Waals surface area contributed by atoms with Gasteiger partial charge in [-0.25, -0.2) is 9.59 Å². The van der Waals surface area contributed by atoms with Crippen molar-refractivity contribution in [3.8, 4) is 5.75 Å². The topological polar surface area (TPSA) is 159 Å². The molecule has 190 valence electrons. The Kier molecular flexibility index (Phi) is 8.68. The molecule has 0 aliphatic carbocycles. The second-order valence-electron chi connectivity index (χ2n) is 8.01. The largest absolute Gasteiger partial charge is 0.508 e. The first-order chi connectivity index (χ1) is 17.1. The summed E-state index contributed by atoms with van der Waals surface area (Å²) in [5, 5.41) is 20.9. The number of nitrogens with one attached hydrogen (secondary N) is 1. The number of fused-ring (bicyclic) bond motifs is 1. The molecule has 2 heterocycles. The molecule has 0 unspecified atom stereocenters. The van der Waals surface area contributed by atoms with Crippen LogP contribution in [0.4, 0.5) is 0 Å². The summed E-state index contributed by atoms with van der Waals surface area (Å²) >= 11 is 5.92. The molecule has 2 aliphatic rings. The molecule has 0 radical (unpaired) electrons. The van der Waals surface area contributed by atoms with Crippen molar-refractivity contribution in [2.24, 2.45) is 5.73 Å². The Balaban J connectivity index is 0.000000253. The van der Waals surface area contributed by atoms with Gasteiger partial charge < -0.3 is 26.0 Å². The molecule has 1 fully saturated rings. The van der Waals surface area contributed by atoms with Crippen LogP contribution in [-0.2, 0) is 19.1 Å². The van der Waals surface area contributed by atoms with Gasteiger partial charge in [-0.1, -0.05) is 41.9 Å². The summed E-state index contributed by atoms with van der Waals surface area (Å²) < 4.78 is 4.75. The van der Waals surface area contributed by atoms with Crippen LogP contribution < -0.4 is 11.1 Å². The molecule has 4 rings (SSSR count). The number of hydrogen-bond donors (Lipinski definition) is 4.